The van der Waals surface area contributed by atoms with E-state index in [0.29, 0.717) is 11.4 Å². The standard InChI is InChI=1S/C63H49N/c1-6-18-46(19-7-1)44-60(51-22-10-3-11-23-51)52-32-30-48(31-33-52)50-36-40-56(41-37-50)64(55-38-34-49(35-39-55)47-20-8-2-9-21-47)57-42-43-59-58-28-16-17-29-61(58)63(62(59)45-57,53-24-12-4-13-25-53)54-26-14-5-15-27-54/h1-30,32-43,45,48,60H,31,44H2/i2D,8D,9D,20D,21D,34D,35D,38D,39D. The Hall–Kier alpha value is -7.74. The summed E-state index contributed by atoms with van der Waals surface area (Å²) in [4.78, 5) is 1.77. The van der Waals surface area contributed by atoms with Crippen molar-refractivity contribution in [2.24, 2.45) is 0 Å². The lowest BCUT2D eigenvalue weighted by Crippen LogP contribution is -2.28. The minimum Gasteiger partial charge on any atom is -0.310 e. The van der Waals surface area contributed by atoms with Gasteiger partial charge in [-0.25, -0.2) is 0 Å². The summed E-state index contributed by atoms with van der Waals surface area (Å²) in [6.45, 7) is 0. The van der Waals surface area contributed by atoms with Crippen molar-refractivity contribution in [1.29, 1.82) is 0 Å². The Morgan fingerprint density at radius 1 is 0.516 bits per heavy atom. The van der Waals surface area contributed by atoms with Gasteiger partial charge in [0.05, 0.1) is 17.8 Å². The monoisotopic (exact) mass is 828 g/mol. The molecule has 0 saturated heterocycles. The summed E-state index contributed by atoms with van der Waals surface area (Å²) in [5, 5.41) is 0. The number of hydrogen-bond acceptors (Lipinski definition) is 1. The van der Waals surface area contributed by atoms with Crippen LogP contribution in [0.1, 0.15) is 69.5 Å². The fourth-order valence-corrected chi connectivity index (χ4v) is 9.87. The number of nitrogens with zero attached hydrogens (tertiary/aromatic N) is 1. The molecular formula is C63H49N. The van der Waals surface area contributed by atoms with Gasteiger partial charge in [0.15, 0.2) is 0 Å². The van der Waals surface area contributed by atoms with E-state index in [9.17, 15) is 5.48 Å². The maximum atomic E-state index is 9.74. The third-order valence-electron chi connectivity index (χ3n) is 12.9. The number of fused-ring (bicyclic) bond motifs is 3. The summed E-state index contributed by atoms with van der Waals surface area (Å²) in [5.74, 6) is 0.262. The smallest absolute Gasteiger partial charge is 0.0714 e. The van der Waals surface area contributed by atoms with Crippen molar-refractivity contribution in [2.45, 2.75) is 30.1 Å². The van der Waals surface area contributed by atoms with Gasteiger partial charge in [-0.15, -0.1) is 0 Å². The number of rotatable bonds is 11. The fourth-order valence-electron chi connectivity index (χ4n) is 9.87. The van der Waals surface area contributed by atoms with Gasteiger partial charge in [-0.1, -0.05) is 224 Å². The first-order chi connectivity index (χ1) is 35.5. The van der Waals surface area contributed by atoms with Crippen molar-refractivity contribution in [3.05, 3.63) is 305 Å². The van der Waals surface area contributed by atoms with Crippen molar-refractivity contribution in [2.75, 3.05) is 4.90 Å². The molecule has 0 bridgehead atoms. The van der Waals surface area contributed by atoms with E-state index >= 15 is 0 Å². The van der Waals surface area contributed by atoms with E-state index in [2.05, 4.69) is 133 Å². The van der Waals surface area contributed by atoms with Gasteiger partial charge < -0.3 is 4.90 Å². The molecule has 306 valence electrons. The van der Waals surface area contributed by atoms with Crippen LogP contribution in [0.2, 0.25) is 0 Å². The van der Waals surface area contributed by atoms with E-state index in [-0.39, 0.29) is 28.7 Å². The third-order valence-corrected chi connectivity index (χ3v) is 12.9. The Labute approximate surface area is 390 Å². The van der Waals surface area contributed by atoms with Crippen LogP contribution in [-0.4, -0.2) is 0 Å². The maximum Gasteiger partial charge on any atom is 0.0714 e. The molecule has 64 heavy (non-hydrogen) atoms. The second kappa shape index (κ2) is 17.2. The first kappa shape index (κ1) is 30.3. The van der Waals surface area contributed by atoms with Crippen LogP contribution in [0.5, 0.6) is 0 Å². The van der Waals surface area contributed by atoms with Gasteiger partial charge in [0, 0.05) is 28.9 Å². The molecule has 9 aromatic carbocycles. The van der Waals surface area contributed by atoms with E-state index in [1.54, 1.807) is 4.90 Å². The van der Waals surface area contributed by atoms with Crippen molar-refractivity contribution in [3.63, 3.8) is 0 Å². The molecule has 1 nitrogen and oxygen atoms in total. The van der Waals surface area contributed by atoms with Gasteiger partial charge >= 0.3 is 0 Å². The second-order valence-electron chi connectivity index (χ2n) is 16.5. The molecule has 2 aliphatic carbocycles. The number of allylic oxidation sites excluding steroid dienone is 4. The molecule has 1 heteroatoms. The molecule has 0 aliphatic heterocycles. The second-order valence-corrected chi connectivity index (χ2v) is 16.5. The van der Waals surface area contributed by atoms with E-state index < -0.39 is 59.8 Å². The molecule has 0 saturated carbocycles. The molecule has 0 heterocycles. The van der Waals surface area contributed by atoms with Crippen molar-refractivity contribution < 1.29 is 12.3 Å². The zero-order chi connectivity index (χ0) is 50.5. The van der Waals surface area contributed by atoms with Crippen LogP contribution >= 0.6 is 0 Å². The van der Waals surface area contributed by atoms with Gasteiger partial charge in [-0.2, -0.15) is 0 Å². The van der Waals surface area contributed by atoms with Crippen LogP contribution in [0, 0.1) is 0 Å². The summed E-state index contributed by atoms with van der Waals surface area (Å²) in [6.07, 6.45) is 8.54. The normalized spacial score (nSPS) is 17.1. The Morgan fingerprint density at radius 3 is 1.75 bits per heavy atom. The summed E-state index contributed by atoms with van der Waals surface area (Å²) in [6, 6.07) is 59.6. The predicted octanol–water partition coefficient (Wildman–Crippen LogP) is 16.2. The van der Waals surface area contributed by atoms with Gasteiger partial charge in [-0.05, 0) is 116 Å². The van der Waals surface area contributed by atoms with Gasteiger partial charge in [-0.3, -0.25) is 0 Å². The zero-order valence-electron chi connectivity index (χ0n) is 44.1. The highest BCUT2D eigenvalue weighted by Gasteiger charge is 2.46. The number of hydrogen-bond donors (Lipinski definition) is 0. The van der Waals surface area contributed by atoms with Crippen molar-refractivity contribution in [3.8, 4) is 22.3 Å². The summed E-state index contributed by atoms with van der Waals surface area (Å²) >= 11 is 0. The highest BCUT2D eigenvalue weighted by molar-refractivity contribution is 5.89. The Bertz CT molecular complexity index is 3520. The highest BCUT2D eigenvalue weighted by Crippen LogP contribution is 2.57. The zero-order valence-corrected chi connectivity index (χ0v) is 35.1. The summed E-state index contributed by atoms with van der Waals surface area (Å²) in [7, 11) is 0. The minimum atomic E-state index is -0.778. The average Bonchev–Trinajstić information content (AvgIpc) is 3.75. The van der Waals surface area contributed by atoms with Crippen LogP contribution in [0.4, 0.5) is 17.1 Å². The molecule has 2 unspecified atom stereocenters. The maximum absolute atomic E-state index is 9.74. The molecule has 9 aromatic rings. The highest BCUT2D eigenvalue weighted by atomic mass is 15.1. The topological polar surface area (TPSA) is 3.24 Å². The molecule has 11 rings (SSSR count). The van der Waals surface area contributed by atoms with Crippen LogP contribution < -0.4 is 4.90 Å². The average molecular weight is 829 g/mol. The molecule has 2 atom stereocenters. The summed E-state index contributed by atoms with van der Waals surface area (Å²) in [5.41, 5.74) is 10.8. The number of benzene rings is 9. The lowest BCUT2D eigenvalue weighted by atomic mass is 9.67. The first-order valence-electron chi connectivity index (χ1n) is 26.4. The van der Waals surface area contributed by atoms with E-state index in [1.807, 2.05) is 72.8 Å². The molecular weight excluding hydrogens is 771 g/mol. The molecule has 0 radical (unpaired) electrons. The van der Waals surface area contributed by atoms with Crippen molar-refractivity contribution in [1.82, 2.24) is 0 Å². The number of anilines is 3. The molecule has 0 N–H and O–H groups in total. The van der Waals surface area contributed by atoms with Crippen LogP contribution in [0.25, 0.3) is 22.3 Å². The molecule has 2 aliphatic rings. The summed E-state index contributed by atoms with van der Waals surface area (Å²) < 4.78 is 80.9. The van der Waals surface area contributed by atoms with Gasteiger partial charge in [0.1, 0.15) is 0 Å². The predicted molar refractivity (Wildman–Crippen MR) is 268 cm³/mol. The van der Waals surface area contributed by atoms with E-state index in [0.717, 1.165) is 51.8 Å². The third kappa shape index (κ3) is 7.20. The Kier molecular flexibility index (Phi) is 8.15. The lowest BCUT2D eigenvalue weighted by molar-refractivity contribution is 0.765. The van der Waals surface area contributed by atoms with Gasteiger partial charge in [0.2, 0.25) is 0 Å². The van der Waals surface area contributed by atoms with Crippen molar-refractivity contribution >= 4 is 17.1 Å². The SMILES string of the molecule is [2H]c1c([2H])c([2H])c(-c2c([2H])c([2H])c(N(c3ccc(C4C=CC(C(Cc5ccccc5)c5ccccc5)=CC4)cc3)c3ccc4c(c3)C(c3ccccc3)(c3ccccc3)c3ccccc3-4)c([2H])c2[2H])c([2H])c1[2H]. The largest absolute Gasteiger partial charge is 0.310 e. The minimum absolute atomic E-state index is 0.0464. The molecule has 0 spiro atoms. The van der Waals surface area contributed by atoms with Crippen LogP contribution in [0.3, 0.4) is 0 Å². The van der Waals surface area contributed by atoms with E-state index in [1.165, 1.54) is 16.7 Å². The fraction of sp³-hybridized carbons (Fsp3) is 0.0794. The van der Waals surface area contributed by atoms with Gasteiger partial charge in [0.25, 0.3) is 0 Å². The van der Waals surface area contributed by atoms with E-state index in [4.69, 9.17) is 6.85 Å². The van der Waals surface area contributed by atoms with Crippen LogP contribution in [-0.2, 0) is 11.8 Å². The van der Waals surface area contributed by atoms with Crippen LogP contribution in [0.15, 0.2) is 266 Å². The quantitative estimate of drug-likeness (QED) is 0.126. The Balaban J connectivity index is 1.06. The molecule has 0 amide bonds. The molecule has 0 fully saturated rings. The molecule has 0 aromatic heterocycles. The first-order valence-corrected chi connectivity index (χ1v) is 21.9. The Morgan fingerprint density at radius 2 is 1.09 bits per heavy atom. The lowest BCUT2D eigenvalue weighted by Gasteiger charge is -2.35.